The highest BCUT2D eigenvalue weighted by Crippen LogP contribution is 2.40. The number of hydrogen-bond donors (Lipinski definition) is 2. The molecule has 1 saturated carbocycles. The molecule has 2 aromatic rings. The summed E-state index contributed by atoms with van der Waals surface area (Å²) in [5.41, 5.74) is 1.51. The number of halogens is 1. The lowest BCUT2D eigenvalue weighted by Crippen LogP contribution is -2.43. The molecule has 0 aliphatic heterocycles. The summed E-state index contributed by atoms with van der Waals surface area (Å²) in [7, 11) is 3.04. The van der Waals surface area contributed by atoms with Gasteiger partial charge in [0.15, 0.2) is 11.5 Å². The van der Waals surface area contributed by atoms with Crippen LogP contribution in [0.2, 0.25) is 5.02 Å². The van der Waals surface area contributed by atoms with Crippen LogP contribution in [0.5, 0.6) is 11.5 Å². The number of hydrogen-bond acceptors (Lipinski definition) is 4. The predicted octanol–water partition coefficient (Wildman–Crippen LogP) is 3.72. The van der Waals surface area contributed by atoms with E-state index < -0.39 is 0 Å². The fraction of sp³-hybridized carbons (Fsp3) is 0.391. The molecule has 7 heteroatoms. The van der Waals surface area contributed by atoms with E-state index >= 15 is 0 Å². The van der Waals surface area contributed by atoms with Gasteiger partial charge in [-0.15, -0.1) is 0 Å². The second kappa shape index (κ2) is 9.85. The number of carbonyl (C=O) groups excluding carboxylic acids is 2. The SMILES string of the molecule is COc1ccc(C(=O)NCC(=O)NCC2(c3ccc(Cl)cc3)CCCC2)cc1OC. The number of rotatable bonds is 8. The minimum absolute atomic E-state index is 0.0758. The number of amides is 2. The van der Waals surface area contributed by atoms with Gasteiger partial charge in [0, 0.05) is 22.5 Å². The molecule has 2 aromatic carbocycles. The monoisotopic (exact) mass is 430 g/mol. The Bertz CT molecular complexity index is 893. The van der Waals surface area contributed by atoms with E-state index in [-0.39, 0.29) is 23.8 Å². The summed E-state index contributed by atoms with van der Waals surface area (Å²) in [4.78, 5) is 24.8. The summed E-state index contributed by atoms with van der Waals surface area (Å²) in [5.74, 6) is 0.431. The van der Waals surface area contributed by atoms with Crippen molar-refractivity contribution >= 4 is 23.4 Å². The van der Waals surface area contributed by atoms with Crippen LogP contribution in [0.15, 0.2) is 42.5 Å². The van der Waals surface area contributed by atoms with Crippen molar-refractivity contribution in [1.29, 1.82) is 0 Å². The van der Waals surface area contributed by atoms with E-state index in [9.17, 15) is 9.59 Å². The first-order valence-corrected chi connectivity index (χ1v) is 10.4. The van der Waals surface area contributed by atoms with E-state index in [2.05, 4.69) is 10.6 Å². The molecule has 3 rings (SSSR count). The van der Waals surface area contributed by atoms with E-state index in [1.54, 1.807) is 18.2 Å². The second-order valence-corrected chi connectivity index (χ2v) is 7.96. The Hall–Kier alpha value is -2.73. The molecule has 1 aliphatic carbocycles. The molecule has 1 aliphatic rings. The van der Waals surface area contributed by atoms with Crippen LogP contribution in [0.1, 0.15) is 41.6 Å². The molecule has 2 amide bonds. The van der Waals surface area contributed by atoms with E-state index in [1.807, 2.05) is 24.3 Å². The van der Waals surface area contributed by atoms with Crippen LogP contribution in [0.25, 0.3) is 0 Å². The van der Waals surface area contributed by atoms with Crippen LogP contribution in [0.4, 0.5) is 0 Å². The third-order valence-corrected chi connectivity index (χ3v) is 5.95. The van der Waals surface area contributed by atoms with Crippen LogP contribution in [-0.2, 0) is 10.2 Å². The molecule has 160 valence electrons. The van der Waals surface area contributed by atoms with Gasteiger partial charge >= 0.3 is 0 Å². The zero-order valence-corrected chi connectivity index (χ0v) is 18.1. The average molecular weight is 431 g/mol. The molecular formula is C23H27ClN2O4. The second-order valence-electron chi connectivity index (χ2n) is 7.52. The van der Waals surface area contributed by atoms with Gasteiger partial charge in [0.05, 0.1) is 20.8 Å². The Morgan fingerprint density at radius 1 is 0.967 bits per heavy atom. The first kappa shape index (κ1) is 22.0. The van der Waals surface area contributed by atoms with Crippen LogP contribution in [0, 0.1) is 0 Å². The van der Waals surface area contributed by atoms with Crippen molar-refractivity contribution in [3.05, 3.63) is 58.6 Å². The molecule has 2 N–H and O–H groups in total. The quantitative estimate of drug-likeness (QED) is 0.669. The third kappa shape index (κ3) is 5.05. The fourth-order valence-electron chi connectivity index (χ4n) is 3.99. The maximum Gasteiger partial charge on any atom is 0.251 e. The number of benzene rings is 2. The first-order chi connectivity index (χ1) is 14.5. The van der Waals surface area contributed by atoms with Crippen molar-refractivity contribution < 1.29 is 19.1 Å². The molecule has 0 atom stereocenters. The standard InChI is InChI=1S/C23H27ClN2O4/c1-29-19-10-5-16(13-20(19)30-2)22(28)25-14-21(27)26-15-23(11-3-4-12-23)17-6-8-18(24)9-7-17/h5-10,13H,3-4,11-12,14-15H2,1-2H3,(H,25,28)(H,26,27). The van der Waals surface area contributed by atoms with Crippen LogP contribution in [-0.4, -0.2) is 39.1 Å². The molecule has 0 heterocycles. The topological polar surface area (TPSA) is 76.7 Å². The molecule has 6 nitrogen and oxygen atoms in total. The summed E-state index contributed by atoms with van der Waals surface area (Å²) in [6.07, 6.45) is 4.31. The lowest BCUT2D eigenvalue weighted by molar-refractivity contribution is -0.120. The largest absolute Gasteiger partial charge is 0.493 e. The van der Waals surface area contributed by atoms with Crippen LogP contribution >= 0.6 is 11.6 Å². The van der Waals surface area contributed by atoms with Gasteiger partial charge in [-0.25, -0.2) is 0 Å². The van der Waals surface area contributed by atoms with Gasteiger partial charge in [-0.05, 0) is 48.7 Å². The summed E-state index contributed by atoms with van der Waals surface area (Å²) in [5, 5.41) is 6.36. The smallest absolute Gasteiger partial charge is 0.251 e. The summed E-state index contributed by atoms with van der Waals surface area (Å²) < 4.78 is 10.4. The molecular weight excluding hydrogens is 404 g/mol. The summed E-state index contributed by atoms with van der Waals surface area (Å²) >= 11 is 6.02. The summed E-state index contributed by atoms with van der Waals surface area (Å²) in [6.45, 7) is 0.448. The van der Waals surface area contributed by atoms with Crippen molar-refractivity contribution in [2.24, 2.45) is 0 Å². The van der Waals surface area contributed by atoms with E-state index in [1.165, 1.54) is 19.8 Å². The van der Waals surface area contributed by atoms with Gasteiger partial charge < -0.3 is 20.1 Å². The highest BCUT2D eigenvalue weighted by atomic mass is 35.5. The Morgan fingerprint density at radius 2 is 1.63 bits per heavy atom. The van der Waals surface area contributed by atoms with Gasteiger partial charge in [-0.1, -0.05) is 36.6 Å². The molecule has 0 radical (unpaired) electrons. The molecule has 1 fully saturated rings. The van der Waals surface area contributed by atoms with E-state index in [0.29, 0.717) is 28.6 Å². The number of carbonyl (C=O) groups is 2. The van der Waals surface area contributed by atoms with Crippen molar-refractivity contribution in [2.75, 3.05) is 27.3 Å². The zero-order chi connectivity index (χ0) is 21.6. The van der Waals surface area contributed by atoms with Gasteiger partial charge in [-0.2, -0.15) is 0 Å². The lowest BCUT2D eigenvalue weighted by atomic mass is 9.79. The van der Waals surface area contributed by atoms with E-state index in [4.69, 9.17) is 21.1 Å². The third-order valence-electron chi connectivity index (χ3n) is 5.70. The highest BCUT2D eigenvalue weighted by molar-refractivity contribution is 6.30. The summed E-state index contributed by atoms with van der Waals surface area (Å²) in [6, 6.07) is 12.7. The van der Waals surface area contributed by atoms with Gasteiger partial charge in [0.25, 0.3) is 5.91 Å². The molecule has 30 heavy (non-hydrogen) atoms. The highest BCUT2D eigenvalue weighted by Gasteiger charge is 2.35. The maximum absolute atomic E-state index is 12.4. The molecule has 0 bridgehead atoms. The minimum Gasteiger partial charge on any atom is -0.493 e. The van der Waals surface area contributed by atoms with Gasteiger partial charge in [0.2, 0.25) is 5.91 Å². The fourth-order valence-corrected chi connectivity index (χ4v) is 4.12. The molecule has 0 aromatic heterocycles. The van der Waals surface area contributed by atoms with Gasteiger partial charge in [0.1, 0.15) is 0 Å². The molecule has 0 unspecified atom stereocenters. The van der Waals surface area contributed by atoms with Crippen molar-refractivity contribution in [3.63, 3.8) is 0 Å². The number of methoxy groups -OCH3 is 2. The zero-order valence-electron chi connectivity index (χ0n) is 17.3. The van der Waals surface area contributed by atoms with Gasteiger partial charge in [-0.3, -0.25) is 9.59 Å². The van der Waals surface area contributed by atoms with E-state index in [0.717, 1.165) is 25.7 Å². The lowest BCUT2D eigenvalue weighted by Gasteiger charge is -2.30. The minimum atomic E-state index is -0.348. The predicted molar refractivity (Wildman–Crippen MR) is 116 cm³/mol. The molecule has 0 saturated heterocycles. The van der Waals surface area contributed by atoms with Crippen LogP contribution < -0.4 is 20.1 Å². The Kier molecular flexibility index (Phi) is 7.21. The Labute approximate surface area is 181 Å². The Morgan fingerprint density at radius 3 is 2.27 bits per heavy atom. The van der Waals surface area contributed by atoms with Crippen LogP contribution in [0.3, 0.4) is 0 Å². The molecule has 0 spiro atoms. The average Bonchev–Trinajstić information content (AvgIpc) is 3.26. The maximum atomic E-state index is 12.4. The number of ether oxygens (including phenoxy) is 2. The van der Waals surface area contributed by atoms with Crippen molar-refractivity contribution in [3.8, 4) is 11.5 Å². The normalized spacial score (nSPS) is 14.8. The number of nitrogens with one attached hydrogen (secondary N) is 2. The Balaban J connectivity index is 1.56. The van der Waals surface area contributed by atoms with Crippen molar-refractivity contribution in [2.45, 2.75) is 31.1 Å². The first-order valence-electron chi connectivity index (χ1n) is 10.0. The van der Waals surface area contributed by atoms with Crippen molar-refractivity contribution in [1.82, 2.24) is 10.6 Å².